The van der Waals surface area contributed by atoms with E-state index in [1.807, 2.05) is 23.3 Å². The molecule has 1 amide bonds. The van der Waals surface area contributed by atoms with Gasteiger partial charge in [-0.15, -0.1) is 11.8 Å². The number of rotatable bonds is 8. The van der Waals surface area contributed by atoms with E-state index in [0.29, 0.717) is 11.3 Å². The predicted molar refractivity (Wildman–Crippen MR) is 124 cm³/mol. The number of hydrogen-bond donors (Lipinski definition) is 1. The molecule has 1 heterocycles. The number of thioether (sulfide) groups is 1. The van der Waals surface area contributed by atoms with Gasteiger partial charge in [-0.2, -0.15) is 0 Å². The second-order valence-corrected chi connectivity index (χ2v) is 10.2. The van der Waals surface area contributed by atoms with Gasteiger partial charge in [0.1, 0.15) is 0 Å². The molecule has 2 aromatic carbocycles. The van der Waals surface area contributed by atoms with Crippen molar-refractivity contribution in [3.8, 4) is 0 Å². The molecule has 1 fully saturated rings. The Morgan fingerprint density at radius 2 is 1.77 bits per heavy atom. The maximum atomic E-state index is 13.0. The first kappa shape index (κ1) is 22.7. The monoisotopic (exact) mass is 446 g/mol. The van der Waals surface area contributed by atoms with Crippen molar-refractivity contribution in [3.63, 3.8) is 0 Å². The van der Waals surface area contributed by atoms with Gasteiger partial charge < -0.3 is 4.90 Å². The molecule has 0 aliphatic carbocycles. The topological polar surface area (TPSA) is 66.5 Å². The summed E-state index contributed by atoms with van der Waals surface area (Å²) in [6.45, 7) is 3.60. The number of benzene rings is 2. The van der Waals surface area contributed by atoms with Crippen molar-refractivity contribution in [2.24, 2.45) is 0 Å². The number of carbonyl (C=O) groups is 1. The van der Waals surface area contributed by atoms with Gasteiger partial charge in [0.2, 0.25) is 0 Å². The normalized spacial score (nSPS) is 14.5. The third-order valence-corrected chi connectivity index (χ3v) is 7.55. The Bertz CT molecular complexity index is 966. The van der Waals surface area contributed by atoms with E-state index in [-0.39, 0.29) is 10.8 Å². The Labute approximate surface area is 184 Å². The molecule has 0 atom stereocenters. The van der Waals surface area contributed by atoms with Crippen LogP contribution in [0.2, 0.25) is 0 Å². The fraction of sp³-hybridized carbons (Fsp3) is 0.435. The summed E-state index contributed by atoms with van der Waals surface area (Å²) in [6.07, 6.45) is 8.24. The molecule has 7 heteroatoms. The van der Waals surface area contributed by atoms with Gasteiger partial charge in [-0.3, -0.25) is 9.52 Å². The summed E-state index contributed by atoms with van der Waals surface area (Å²) in [4.78, 5) is 15.8. The smallest absolute Gasteiger partial charge is 0.261 e. The third kappa shape index (κ3) is 5.58. The summed E-state index contributed by atoms with van der Waals surface area (Å²) in [5.41, 5.74) is 2.17. The number of sulfonamides is 1. The summed E-state index contributed by atoms with van der Waals surface area (Å²) in [7, 11) is -3.78. The summed E-state index contributed by atoms with van der Waals surface area (Å²) in [6, 6.07) is 12.3. The van der Waals surface area contributed by atoms with E-state index in [1.165, 1.54) is 23.4 Å². The number of nitrogens with one attached hydrogen (secondary N) is 1. The van der Waals surface area contributed by atoms with Gasteiger partial charge in [-0.05, 0) is 74.3 Å². The average Bonchev–Trinajstić information content (AvgIpc) is 2.78. The Hall–Kier alpha value is -1.99. The highest BCUT2D eigenvalue weighted by Gasteiger charge is 2.24. The maximum absolute atomic E-state index is 13.0. The zero-order valence-electron chi connectivity index (χ0n) is 17.7. The number of amides is 1. The van der Waals surface area contributed by atoms with Crippen molar-refractivity contribution in [1.29, 1.82) is 0 Å². The van der Waals surface area contributed by atoms with E-state index >= 15 is 0 Å². The first-order valence-electron chi connectivity index (χ1n) is 10.5. The van der Waals surface area contributed by atoms with Gasteiger partial charge in [-0.25, -0.2) is 8.42 Å². The van der Waals surface area contributed by atoms with Crippen molar-refractivity contribution < 1.29 is 13.2 Å². The molecule has 5 nitrogen and oxygen atoms in total. The number of nitrogens with zero attached hydrogens (tertiary/aromatic N) is 1. The summed E-state index contributed by atoms with van der Waals surface area (Å²) >= 11 is 1.46. The number of carbonyl (C=O) groups excluding carboxylic acids is 1. The number of likely N-dealkylation sites (tertiary alicyclic amines) is 1. The summed E-state index contributed by atoms with van der Waals surface area (Å²) in [5.74, 6) is -0.0867. The number of anilines is 1. The molecule has 0 radical (unpaired) electrons. The van der Waals surface area contributed by atoms with Crippen LogP contribution in [-0.4, -0.2) is 38.6 Å². The fourth-order valence-electron chi connectivity index (χ4n) is 3.62. The fourth-order valence-corrected chi connectivity index (χ4v) is 5.28. The summed E-state index contributed by atoms with van der Waals surface area (Å²) in [5, 5.41) is 0. The van der Waals surface area contributed by atoms with Crippen LogP contribution >= 0.6 is 11.8 Å². The van der Waals surface area contributed by atoms with E-state index in [9.17, 15) is 13.2 Å². The first-order valence-corrected chi connectivity index (χ1v) is 13.2. The first-order chi connectivity index (χ1) is 14.4. The number of aryl methyl sites for hydroxylation is 1. The minimum absolute atomic E-state index is 0.0867. The largest absolute Gasteiger partial charge is 0.339 e. The van der Waals surface area contributed by atoms with Crippen LogP contribution in [0.15, 0.2) is 52.3 Å². The van der Waals surface area contributed by atoms with Gasteiger partial charge in [0.05, 0.1) is 10.5 Å². The van der Waals surface area contributed by atoms with Crippen molar-refractivity contribution >= 4 is 33.4 Å². The molecule has 1 aliphatic heterocycles. The molecule has 0 saturated carbocycles. The van der Waals surface area contributed by atoms with Crippen LogP contribution in [0.5, 0.6) is 0 Å². The standard InChI is InChI=1S/C23H30N2O3S2/c1-3-4-8-18-9-11-19(12-10-18)24-30(27,28)20-13-14-22(29-2)21(17-20)23(26)25-15-6-5-7-16-25/h9-14,17,24H,3-8,15-16H2,1-2H3. The van der Waals surface area contributed by atoms with E-state index in [0.717, 1.165) is 56.5 Å². The lowest BCUT2D eigenvalue weighted by molar-refractivity contribution is 0.0720. The summed E-state index contributed by atoms with van der Waals surface area (Å²) < 4.78 is 28.6. The van der Waals surface area contributed by atoms with Gasteiger partial charge in [0.15, 0.2) is 0 Å². The van der Waals surface area contributed by atoms with Crippen molar-refractivity contribution in [2.75, 3.05) is 24.1 Å². The van der Waals surface area contributed by atoms with E-state index in [4.69, 9.17) is 0 Å². The Morgan fingerprint density at radius 3 is 2.40 bits per heavy atom. The molecule has 1 aliphatic rings. The minimum Gasteiger partial charge on any atom is -0.339 e. The van der Waals surface area contributed by atoms with E-state index < -0.39 is 10.0 Å². The van der Waals surface area contributed by atoms with Gasteiger partial charge in [0.25, 0.3) is 15.9 Å². The lowest BCUT2D eigenvalue weighted by Gasteiger charge is -2.27. The van der Waals surface area contributed by atoms with Crippen LogP contribution < -0.4 is 4.72 Å². The van der Waals surface area contributed by atoms with Gasteiger partial charge >= 0.3 is 0 Å². The number of unbranched alkanes of at least 4 members (excludes halogenated alkanes) is 1. The number of hydrogen-bond acceptors (Lipinski definition) is 4. The molecular formula is C23H30N2O3S2. The highest BCUT2D eigenvalue weighted by atomic mass is 32.2. The van der Waals surface area contributed by atoms with Crippen LogP contribution in [0.4, 0.5) is 5.69 Å². The zero-order chi connectivity index (χ0) is 21.6. The molecule has 0 spiro atoms. The van der Waals surface area contributed by atoms with E-state index in [2.05, 4.69) is 11.6 Å². The number of piperidine rings is 1. The second-order valence-electron chi connectivity index (χ2n) is 7.62. The quantitative estimate of drug-likeness (QED) is 0.568. The third-order valence-electron chi connectivity index (χ3n) is 5.38. The molecule has 1 saturated heterocycles. The van der Waals surface area contributed by atoms with Crippen molar-refractivity contribution in [2.45, 2.75) is 55.2 Å². The van der Waals surface area contributed by atoms with Crippen LogP contribution in [0.1, 0.15) is 54.9 Å². The molecule has 0 unspecified atom stereocenters. The molecule has 3 rings (SSSR count). The molecule has 0 aromatic heterocycles. The minimum atomic E-state index is -3.78. The molecule has 162 valence electrons. The van der Waals surface area contributed by atoms with Crippen LogP contribution in [-0.2, 0) is 16.4 Å². The highest BCUT2D eigenvalue weighted by molar-refractivity contribution is 7.98. The second kappa shape index (κ2) is 10.4. The molecule has 0 bridgehead atoms. The lowest BCUT2D eigenvalue weighted by atomic mass is 10.1. The Kier molecular flexibility index (Phi) is 7.83. The average molecular weight is 447 g/mol. The molecule has 30 heavy (non-hydrogen) atoms. The van der Waals surface area contributed by atoms with Crippen molar-refractivity contribution in [1.82, 2.24) is 4.90 Å². The predicted octanol–water partition coefficient (Wildman–Crippen LogP) is 5.18. The maximum Gasteiger partial charge on any atom is 0.261 e. The molecule has 1 N–H and O–H groups in total. The van der Waals surface area contributed by atoms with Crippen LogP contribution in [0.25, 0.3) is 0 Å². The molecular weight excluding hydrogens is 416 g/mol. The van der Waals surface area contributed by atoms with E-state index in [1.54, 1.807) is 24.3 Å². The Balaban J connectivity index is 1.82. The zero-order valence-corrected chi connectivity index (χ0v) is 19.3. The molecule has 2 aromatic rings. The van der Waals surface area contributed by atoms with Crippen molar-refractivity contribution in [3.05, 3.63) is 53.6 Å². The highest BCUT2D eigenvalue weighted by Crippen LogP contribution is 2.27. The Morgan fingerprint density at radius 1 is 1.07 bits per heavy atom. The van der Waals surface area contributed by atoms with Gasteiger partial charge in [0, 0.05) is 23.7 Å². The van der Waals surface area contributed by atoms with Crippen LogP contribution in [0, 0.1) is 0 Å². The van der Waals surface area contributed by atoms with Crippen LogP contribution in [0.3, 0.4) is 0 Å². The SMILES string of the molecule is CCCCc1ccc(NS(=O)(=O)c2ccc(SC)c(C(=O)N3CCCCC3)c2)cc1. The lowest BCUT2D eigenvalue weighted by Crippen LogP contribution is -2.36. The van der Waals surface area contributed by atoms with Gasteiger partial charge in [-0.1, -0.05) is 25.5 Å².